The van der Waals surface area contributed by atoms with E-state index < -0.39 is 0 Å². The average molecular weight is 267 g/mol. The topological polar surface area (TPSA) is 29.3 Å². The van der Waals surface area contributed by atoms with Crippen LogP contribution >= 0.6 is 11.6 Å². The molecule has 100 valence electrons. The first kappa shape index (κ1) is 13.5. The molecule has 2 nitrogen and oxygen atoms in total. The van der Waals surface area contributed by atoms with Gasteiger partial charge in [0, 0.05) is 18.8 Å². The zero-order valence-corrected chi connectivity index (χ0v) is 12.3. The Morgan fingerprint density at radius 3 is 2.44 bits per heavy atom. The summed E-state index contributed by atoms with van der Waals surface area (Å²) in [5, 5.41) is 0.668. The van der Waals surface area contributed by atoms with E-state index in [0.29, 0.717) is 10.7 Å². The molecule has 0 aliphatic carbocycles. The van der Waals surface area contributed by atoms with Gasteiger partial charge in [-0.3, -0.25) is 0 Å². The smallest absolute Gasteiger partial charge is 0.0656 e. The van der Waals surface area contributed by atoms with Crippen LogP contribution in [0.2, 0.25) is 5.02 Å². The highest BCUT2D eigenvalue weighted by Crippen LogP contribution is 2.33. The Hall–Kier alpha value is -0.890. The maximum Gasteiger partial charge on any atom is 0.0656 e. The van der Waals surface area contributed by atoms with Crippen molar-refractivity contribution >= 4 is 23.0 Å². The molecule has 2 N–H and O–H groups in total. The zero-order chi connectivity index (χ0) is 13.3. The van der Waals surface area contributed by atoms with Gasteiger partial charge in [-0.2, -0.15) is 0 Å². The van der Waals surface area contributed by atoms with Crippen molar-refractivity contribution in [1.82, 2.24) is 0 Å². The number of hydrogen-bond acceptors (Lipinski definition) is 2. The standard InChI is InChI=1S/C15H23ClN2/c1-10(2)12-4-6-18(7-5-12)15-9-13(16)14(17)8-11(15)3/h8-10,12H,4-7,17H2,1-3H3. The minimum Gasteiger partial charge on any atom is -0.398 e. The van der Waals surface area contributed by atoms with Gasteiger partial charge < -0.3 is 10.6 Å². The fourth-order valence-corrected chi connectivity index (χ4v) is 3.00. The monoisotopic (exact) mass is 266 g/mol. The van der Waals surface area contributed by atoms with Crippen molar-refractivity contribution in [3.63, 3.8) is 0 Å². The normalized spacial score (nSPS) is 17.5. The van der Waals surface area contributed by atoms with Crippen molar-refractivity contribution < 1.29 is 0 Å². The molecule has 0 radical (unpaired) electrons. The van der Waals surface area contributed by atoms with E-state index in [0.717, 1.165) is 24.9 Å². The van der Waals surface area contributed by atoms with Crippen LogP contribution in [0.5, 0.6) is 0 Å². The molecule has 1 aromatic rings. The summed E-state index contributed by atoms with van der Waals surface area (Å²) in [6.07, 6.45) is 2.55. The highest BCUT2D eigenvalue weighted by molar-refractivity contribution is 6.33. The second kappa shape index (κ2) is 5.40. The van der Waals surface area contributed by atoms with Crippen LogP contribution in [0.1, 0.15) is 32.3 Å². The lowest BCUT2D eigenvalue weighted by molar-refractivity contribution is 0.311. The van der Waals surface area contributed by atoms with Crippen molar-refractivity contribution in [2.24, 2.45) is 11.8 Å². The van der Waals surface area contributed by atoms with Crippen LogP contribution in [0.3, 0.4) is 0 Å². The van der Waals surface area contributed by atoms with Crippen molar-refractivity contribution in [2.45, 2.75) is 33.6 Å². The van der Waals surface area contributed by atoms with Gasteiger partial charge in [0.15, 0.2) is 0 Å². The molecule has 0 amide bonds. The number of anilines is 2. The summed E-state index contributed by atoms with van der Waals surface area (Å²) in [7, 11) is 0. The Labute approximate surface area is 115 Å². The summed E-state index contributed by atoms with van der Waals surface area (Å²) in [5.74, 6) is 1.66. The van der Waals surface area contributed by atoms with Crippen LogP contribution < -0.4 is 10.6 Å². The van der Waals surface area contributed by atoms with Crippen molar-refractivity contribution in [1.29, 1.82) is 0 Å². The molecular weight excluding hydrogens is 244 g/mol. The summed E-state index contributed by atoms with van der Waals surface area (Å²) >= 11 is 6.13. The number of hydrogen-bond donors (Lipinski definition) is 1. The first-order valence-corrected chi connectivity index (χ1v) is 7.17. The molecule has 0 aromatic heterocycles. The molecule has 1 fully saturated rings. The second-order valence-corrected chi connectivity index (χ2v) is 6.14. The van der Waals surface area contributed by atoms with Crippen LogP contribution in [0.4, 0.5) is 11.4 Å². The van der Waals surface area contributed by atoms with E-state index in [1.54, 1.807) is 0 Å². The molecule has 18 heavy (non-hydrogen) atoms. The van der Waals surface area contributed by atoms with Crippen molar-refractivity contribution in [3.8, 4) is 0 Å². The zero-order valence-electron chi connectivity index (χ0n) is 11.5. The summed E-state index contributed by atoms with van der Waals surface area (Å²) in [5.41, 5.74) is 8.98. The largest absolute Gasteiger partial charge is 0.398 e. The molecule has 1 heterocycles. The number of benzene rings is 1. The van der Waals surface area contributed by atoms with Gasteiger partial charge in [0.05, 0.1) is 10.7 Å². The van der Waals surface area contributed by atoms with Gasteiger partial charge in [0.25, 0.3) is 0 Å². The highest BCUT2D eigenvalue weighted by atomic mass is 35.5. The first-order chi connectivity index (χ1) is 8.49. The molecular formula is C15H23ClN2. The fraction of sp³-hybridized carbons (Fsp3) is 0.600. The lowest BCUT2D eigenvalue weighted by Gasteiger charge is -2.36. The van der Waals surface area contributed by atoms with Gasteiger partial charge >= 0.3 is 0 Å². The number of halogens is 1. The van der Waals surface area contributed by atoms with Crippen molar-refractivity contribution in [2.75, 3.05) is 23.7 Å². The van der Waals surface area contributed by atoms with E-state index in [2.05, 4.69) is 25.7 Å². The first-order valence-electron chi connectivity index (χ1n) is 6.79. The number of nitrogen functional groups attached to an aromatic ring is 1. The molecule has 1 aliphatic rings. The quantitative estimate of drug-likeness (QED) is 0.817. The van der Waals surface area contributed by atoms with Gasteiger partial charge in [-0.25, -0.2) is 0 Å². The minimum absolute atomic E-state index is 0.668. The van der Waals surface area contributed by atoms with Crippen LogP contribution in [-0.4, -0.2) is 13.1 Å². The molecule has 0 spiro atoms. The summed E-state index contributed by atoms with van der Waals surface area (Å²) in [4.78, 5) is 2.44. The van der Waals surface area contributed by atoms with E-state index in [4.69, 9.17) is 17.3 Å². The van der Waals surface area contributed by atoms with E-state index in [1.165, 1.54) is 24.1 Å². The summed E-state index contributed by atoms with van der Waals surface area (Å²) in [6.45, 7) is 9.02. The highest BCUT2D eigenvalue weighted by Gasteiger charge is 2.22. The van der Waals surface area contributed by atoms with Crippen molar-refractivity contribution in [3.05, 3.63) is 22.7 Å². The van der Waals surface area contributed by atoms with Crippen LogP contribution in [0.25, 0.3) is 0 Å². The Bertz CT molecular complexity index is 421. The van der Waals surface area contributed by atoms with Crippen LogP contribution in [-0.2, 0) is 0 Å². The Balaban J connectivity index is 2.12. The van der Waals surface area contributed by atoms with Gasteiger partial charge in [-0.15, -0.1) is 0 Å². The molecule has 0 bridgehead atoms. The van der Waals surface area contributed by atoms with Gasteiger partial charge in [-0.05, 0) is 49.3 Å². The van der Waals surface area contributed by atoms with E-state index in [-0.39, 0.29) is 0 Å². The van der Waals surface area contributed by atoms with E-state index in [9.17, 15) is 0 Å². The number of aryl methyl sites for hydroxylation is 1. The predicted octanol–water partition coefficient (Wildman–Crippen LogP) is 4.10. The molecule has 3 heteroatoms. The lowest BCUT2D eigenvalue weighted by atomic mass is 9.86. The van der Waals surface area contributed by atoms with Gasteiger partial charge in [0.1, 0.15) is 0 Å². The average Bonchev–Trinajstić information content (AvgIpc) is 2.34. The number of nitrogens with zero attached hydrogens (tertiary/aromatic N) is 1. The summed E-state index contributed by atoms with van der Waals surface area (Å²) in [6, 6.07) is 3.99. The Kier molecular flexibility index (Phi) is 4.06. The van der Waals surface area contributed by atoms with E-state index in [1.807, 2.05) is 12.1 Å². The molecule has 1 aromatic carbocycles. The third-order valence-electron chi connectivity index (χ3n) is 4.14. The molecule has 1 aliphatic heterocycles. The third-order valence-corrected chi connectivity index (χ3v) is 4.47. The molecule has 0 unspecified atom stereocenters. The minimum atomic E-state index is 0.668. The number of nitrogens with two attached hydrogens (primary N) is 1. The predicted molar refractivity (Wildman–Crippen MR) is 80.4 cm³/mol. The van der Waals surface area contributed by atoms with Crippen LogP contribution in [0.15, 0.2) is 12.1 Å². The molecule has 1 saturated heterocycles. The Morgan fingerprint density at radius 2 is 1.89 bits per heavy atom. The second-order valence-electron chi connectivity index (χ2n) is 5.73. The summed E-state index contributed by atoms with van der Waals surface area (Å²) < 4.78 is 0. The maximum atomic E-state index is 6.13. The lowest BCUT2D eigenvalue weighted by Crippen LogP contribution is -2.35. The molecule has 2 rings (SSSR count). The molecule has 0 atom stereocenters. The SMILES string of the molecule is Cc1cc(N)c(Cl)cc1N1CCC(C(C)C)CC1. The molecule has 0 saturated carbocycles. The van der Waals surface area contributed by atoms with Gasteiger partial charge in [-0.1, -0.05) is 25.4 Å². The van der Waals surface area contributed by atoms with Gasteiger partial charge in [0.2, 0.25) is 0 Å². The number of rotatable bonds is 2. The Morgan fingerprint density at radius 1 is 1.28 bits per heavy atom. The van der Waals surface area contributed by atoms with Crippen LogP contribution in [0, 0.1) is 18.8 Å². The maximum absolute atomic E-state index is 6.13. The van der Waals surface area contributed by atoms with E-state index >= 15 is 0 Å². The third kappa shape index (κ3) is 2.74. The fourth-order valence-electron chi connectivity index (χ4n) is 2.84. The number of piperidine rings is 1.